The van der Waals surface area contributed by atoms with Gasteiger partial charge in [0.1, 0.15) is 5.25 Å². The van der Waals surface area contributed by atoms with Crippen LogP contribution in [0.25, 0.3) is 0 Å². The molecule has 0 spiro atoms. The van der Waals surface area contributed by atoms with Crippen molar-refractivity contribution >= 4 is 40.7 Å². The van der Waals surface area contributed by atoms with E-state index >= 15 is 0 Å². The molecule has 1 aromatic rings. The molecule has 2 aliphatic rings. The molecule has 2 fully saturated rings. The van der Waals surface area contributed by atoms with Crippen molar-refractivity contribution in [3.8, 4) is 0 Å². The number of thioether (sulfide) groups is 1. The van der Waals surface area contributed by atoms with Crippen LogP contribution in [0.2, 0.25) is 0 Å². The third kappa shape index (κ3) is 4.14. The zero-order chi connectivity index (χ0) is 16.9. The second-order valence-electron chi connectivity index (χ2n) is 5.63. The van der Waals surface area contributed by atoms with Gasteiger partial charge in [0.2, 0.25) is 5.91 Å². The van der Waals surface area contributed by atoms with Gasteiger partial charge in [0.15, 0.2) is 5.17 Å². The molecule has 1 atom stereocenters. The van der Waals surface area contributed by atoms with Gasteiger partial charge in [-0.1, -0.05) is 23.9 Å². The monoisotopic (exact) mass is 346 g/mol. The molecule has 0 aliphatic carbocycles. The first kappa shape index (κ1) is 16.5. The normalized spacial score (nSPS) is 22.5. The zero-order valence-electron chi connectivity index (χ0n) is 13.0. The van der Waals surface area contributed by atoms with Gasteiger partial charge in [-0.05, 0) is 30.5 Å². The minimum atomic E-state index is -1.01. The summed E-state index contributed by atoms with van der Waals surface area (Å²) in [7, 11) is 0. The van der Waals surface area contributed by atoms with E-state index in [4.69, 9.17) is 5.11 Å². The number of carbonyl (C=O) groups excluding carboxylic acids is 1. The molecule has 126 valence electrons. The minimum absolute atomic E-state index is 0.225. The van der Waals surface area contributed by atoms with Crippen molar-refractivity contribution < 1.29 is 14.7 Å². The molecule has 0 aromatic heterocycles. The van der Waals surface area contributed by atoms with Crippen LogP contribution in [0.3, 0.4) is 0 Å². The van der Waals surface area contributed by atoms with E-state index in [0.29, 0.717) is 5.17 Å². The molecule has 3 rings (SSSR count). The summed E-state index contributed by atoms with van der Waals surface area (Å²) in [4.78, 5) is 24.6. The second kappa shape index (κ2) is 7.48. The van der Waals surface area contributed by atoms with Crippen LogP contribution >= 0.6 is 11.8 Å². The minimum Gasteiger partial charge on any atom is -0.481 e. The maximum absolute atomic E-state index is 11.6. The quantitative estimate of drug-likeness (QED) is 0.625. The smallest absolute Gasteiger partial charge is 0.305 e. The van der Waals surface area contributed by atoms with Gasteiger partial charge in [-0.2, -0.15) is 5.10 Å². The standard InChI is InChI=1S/C16H18N4O3S/c21-14(22)9-13-15(23)18-16(24-13)19-17-10-11-4-3-5-12(8-11)20-6-1-2-7-20/h3-5,8,10,13H,1-2,6-7,9H2,(H,21,22)(H,18,19,23). The molecule has 1 amide bonds. The number of benzene rings is 1. The van der Waals surface area contributed by atoms with Gasteiger partial charge in [-0.3, -0.25) is 9.59 Å². The van der Waals surface area contributed by atoms with Gasteiger partial charge < -0.3 is 15.3 Å². The van der Waals surface area contributed by atoms with Crippen LogP contribution in [0.5, 0.6) is 0 Å². The number of anilines is 1. The number of carbonyl (C=O) groups is 2. The predicted octanol–water partition coefficient (Wildman–Crippen LogP) is 1.68. The van der Waals surface area contributed by atoms with E-state index in [1.165, 1.54) is 18.5 Å². The van der Waals surface area contributed by atoms with Crippen molar-refractivity contribution in [2.75, 3.05) is 18.0 Å². The molecule has 2 aliphatic heterocycles. The van der Waals surface area contributed by atoms with E-state index in [9.17, 15) is 9.59 Å². The molecule has 24 heavy (non-hydrogen) atoms. The van der Waals surface area contributed by atoms with Crippen LogP contribution in [-0.2, 0) is 9.59 Å². The highest BCUT2D eigenvalue weighted by Gasteiger charge is 2.32. The summed E-state index contributed by atoms with van der Waals surface area (Å²) >= 11 is 1.09. The van der Waals surface area contributed by atoms with Gasteiger partial charge >= 0.3 is 5.97 Å². The Bertz CT molecular complexity index is 698. The summed E-state index contributed by atoms with van der Waals surface area (Å²) in [5.74, 6) is -1.35. The van der Waals surface area contributed by atoms with Gasteiger partial charge in [0, 0.05) is 18.8 Å². The number of carboxylic acids is 1. The van der Waals surface area contributed by atoms with E-state index in [-0.39, 0.29) is 12.3 Å². The van der Waals surface area contributed by atoms with Crippen LogP contribution < -0.4 is 10.2 Å². The number of rotatable bonds is 5. The summed E-state index contributed by atoms with van der Waals surface area (Å²) in [5, 5.41) is 18.9. The summed E-state index contributed by atoms with van der Waals surface area (Å²) < 4.78 is 0. The Morgan fingerprint density at radius 1 is 1.42 bits per heavy atom. The third-order valence-corrected chi connectivity index (χ3v) is 4.91. The molecule has 7 nitrogen and oxygen atoms in total. The number of nitrogens with one attached hydrogen (secondary N) is 1. The Kier molecular flexibility index (Phi) is 5.14. The number of carboxylic acid groups (broad SMARTS) is 1. The lowest BCUT2D eigenvalue weighted by Gasteiger charge is -2.17. The SMILES string of the molecule is O=C(O)CC1SC(=NN=Cc2cccc(N3CCCC3)c2)NC1=O. The molecule has 2 heterocycles. The lowest BCUT2D eigenvalue weighted by Crippen LogP contribution is -2.26. The average Bonchev–Trinajstić information content (AvgIpc) is 3.18. The van der Waals surface area contributed by atoms with Crippen LogP contribution in [0.1, 0.15) is 24.8 Å². The molecule has 1 aromatic carbocycles. The number of amidine groups is 1. The molecule has 1 unspecified atom stereocenters. The zero-order valence-corrected chi connectivity index (χ0v) is 13.8. The van der Waals surface area contributed by atoms with Crippen molar-refractivity contribution in [1.29, 1.82) is 0 Å². The van der Waals surface area contributed by atoms with E-state index in [1.54, 1.807) is 6.21 Å². The number of hydrogen-bond acceptors (Lipinski definition) is 6. The average molecular weight is 346 g/mol. The second-order valence-corrected chi connectivity index (χ2v) is 6.82. The van der Waals surface area contributed by atoms with E-state index in [2.05, 4.69) is 32.6 Å². The van der Waals surface area contributed by atoms with Crippen molar-refractivity contribution in [2.24, 2.45) is 10.2 Å². The van der Waals surface area contributed by atoms with E-state index < -0.39 is 11.2 Å². The molecular formula is C16H18N4O3S. The fraction of sp³-hybridized carbons (Fsp3) is 0.375. The highest BCUT2D eigenvalue weighted by molar-refractivity contribution is 8.15. The first-order valence-corrected chi connectivity index (χ1v) is 8.65. The molecule has 0 radical (unpaired) electrons. The summed E-state index contributed by atoms with van der Waals surface area (Å²) in [6, 6.07) is 8.06. The fourth-order valence-electron chi connectivity index (χ4n) is 2.67. The Morgan fingerprint density at radius 2 is 2.21 bits per heavy atom. The lowest BCUT2D eigenvalue weighted by atomic mass is 10.2. The number of hydrogen-bond donors (Lipinski definition) is 2. The van der Waals surface area contributed by atoms with E-state index in [0.717, 1.165) is 30.4 Å². The first-order valence-electron chi connectivity index (χ1n) is 7.77. The van der Waals surface area contributed by atoms with Gasteiger partial charge in [0.05, 0.1) is 12.6 Å². The molecule has 2 N–H and O–H groups in total. The Morgan fingerprint density at radius 3 is 2.96 bits per heavy atom. The number of nitrogens with zero attached hydrogens (tertiary/aromatic N) is 3. The maximum atomic E-state index is 11.6. The Labute approximate surface area is 143 Å². The van der Waals surface area contributed by atoms with Crippen molar-refractivity contribution in [2.45, 2.75) is 24.5 Å². The summed E-state index contributed by atoms with van der Waals surface area (Å²) in [6.45, 7) is 2.16. The number of amides is 1. The van der Waals surface area contributed by atoms with Crippen molar-refractivity contribution in [1.82, 2.24) is 5.32 Å². The molecule has 2 saturated heterocycles. The Balaban J connectivity index is 1.63. The van der Waals surface area contributed by atoms with Crippen LogP contribution in [0, 0.1) is 0 Å². The number of aliphatic carboxylic acids is 1. The van der Waals surface area contributed by atoms with Crippen LogP contribution in [-0.4, -0.2) is 46.7 Å². The third-order valence-electron chi connectivity index (χ3n) is 3.83. The topological polar surface area (TPSA) is 94.4 Å². The summed E-state index contributed by atoms with van der Waals surface area (Å²) in [6.07, 6.45) is 3.85. The maximum Gasteiger partial charge on any atom is 0.305 e. The molecule has 8 heteroatoms. The molecular weight excluding hydrogens is 328 g/mol. The first-order chi connectivity index (χ1) is 11.6. The lowest BCUT2D eigenvalue weighted by molar-refractivity contribution is -0.138. The largest absolute Gasteiger partial charge is 0.481 e. The summed E-state index contributed by atoms with van der Waals surface area (Å²) in [5.41, 5.74) is 2.11. The van der Waals surface area contributed by atoms with Gasteiger partial charge in [-0.15, -0.1) is 5.10 Å². The van der Waals surface area contributed by atoms with Gasteiger partial charge in [-0.25, -0.2) is 0 Å². The highest BCUT2D eigenvalue weighted by Crippen LogP contribution is 2.23. The predicted molar refractivity (Wildman–Crippen MR) is 94.7 cm³/mol. The van der Waals surface area contributed by atoms with Gasteiger partial charge in [0.25, 0.3) is 0 Å². The highest BCUT2D eigenvalue weighted by atomic mass is 32.2. The molecule has 0 bridgehead atoms. The Hall–Kier alpha value is -2.35. The van der Waals surface area contributed by atoms with E-state index in [1.807, 2.05) is 12.1 Å². The van der Waals surface area contributed by atoms with Crippen LogP contribution in [0.4, 0.5) is 5.69 Å². The van der Waals surface area contributed by atoms with Crippen molar-refractivity contribution in [3.05, 3.63) is 29.8 Å². The molecule has 0 saturated carbocycles. The fourth-order valence-corrected chi connectivity index (χ4v) is 3.59. The van der Waals surface area contributed by atoms with Crippen LogP contribution in [0.15, 0.2) is 34.5 Å². The van der Waals surface area contributed by atoms with Crippen molar-refractivity contribution in [3.63, 3.8) is 0 Å².